The third kappa shape index (κ3) is 9.35. The van der Waals surface area contributed by atoms with Crippen LogP contribution in [0.2, 0.25) is 0 Å². The first-order chi connectivity index (χ1) is 44.6. The van der Waals surface area contributed by atoms with Gasteiger partial charge in [-0.15, -0.1) is 0 Å². The number of hydrogen-bond donors (Lipinski definition) is 0. The van der Waals surface area contributed by atoms with Gasteiger partial charge in [-0.25, -0.2) is 0 Å². The molecule has 0 saturated heterocycles. The normalized spacial score (nSPS) is 12.9. The van der Waals surface area contributed by atoms with E-state index >= 15 is 0 Å². The van der Waals surface area contributed by atoms with Crippen LogP contribution in [0.1, 0.15) is 54.2 Å². The molecule has 14 aromatic rings. The Labute approximate surface area is 542 Å². The average Bonchev–Trinajstić information content (AvgIpc) is 1.13. The molecular weight excluding hydrogens is 1290 g/mol. The molecule has 4 heterocycles. The molecule has 2 aromatic heterocycles. The number of aryl methyl sites for hydroxylation is 1. The van der Waals surface area contributed by atoms with Crippen LogP contribution >= 0.6 is 0 Å². The Hall–Kier alpha value is -10.7. The molecule has 7 heteroatoms. The number of hydrogen-bond acceptors (Lipinski definition) is 4. The van der Waals surface area contributed by atoms with Gasteiger partial charge in [0, 0.05) is 17.4 Å². The van der Waals surface area contributed by atoms with Crippen LogP contribution in [0.15, 0.2) is 310 Å². The monoisotopic (exact) mass is 1350 g/mol. The maximum atomic E-state index is 7.29. The standard InChI is InChI=1S/C84H63N5O.Pt/c1-57-51-81(85-55-70(57)62-45-43-59(44-46-62)58-25-9-5-10-26-58)89-77-50-47-63(83(2,3)4)52-74(77)84(71-37-17-19-39-75(71)88(64-31-15-8-16-32-64)76-40-20-18-38-72(76)84)73-49-48-67(54-80(73)89)90-66-34-23-33-65(53-66)86-56-87(79-42-22-21-41-78(79)86)82-68(60-27-11-6-12-28-60)35-24-36-69(82)61-29-13-7-14-30-61;/h5-55H,1-4H3;. The summed E-state index contributed by atoms with van der Waals surface area (Å²) in [7, 11) is 0. The molecule has 0 N–H and O–H groups in total. The van der Waals surface area contributed by atoms with Gasteiger partial charge in [-0.2, -0.15) is 0 Å². The smallest absolute Gasteiger partial charge is 0.0622 e. The number of aromatic nitrogens is 3. The molecule has 1 spiro atoms. The maximum absolute atomic E-state index is 7.29. The van der Waals surface area contributed by atoms with Crippen LogP contribution in [-0.2, 0) is 30.2 Å². The summed E-state index contributed by atoms with van der Waals surface area (Å²) in [6.07, 6.45) is 2.06. The number of fused-ring (bicyclic) bond motifs is 9. The molecule has 2 aliphatic rings. The van der Waals surface area contributed by atoms with E-state index in [1.807, 2.05) is 0 Å². The van der Waals surface area contributed by atoms with E-state index in [1.165, 1.54) is 33.4 Å². The number of rotatable bonds is 10. The summed E-state index contributed by atoms with van der Waals surface area (Å²) in [4.78, 5) is 10.3. The molecule has 0 fully saturated rings. The number of para-hydroxylation sites is 6. The molecule has 0 unspecified atom stereocenters. The second-order valence-corrected chi connectivity index (χ2v) is 25.7. The average molecular weight is 1350 g/mol. The van der Waals surface area contributed by atoms with Crippen molar-refractivity contribution in [1.82, 2.24) is 14.1 Å². The molecule has 440 valence electrons. The van der Waals surface area contributed by atoms with Crippen molar-refractivity contribution in [2.24, 2.45) is 0 Å². The SMILES string of the molecule is Cc1cc(N2c3cc(Oc4cccc(-n5[c](=[Pt])n(-c6c(-c7ccccc7)cccc6-c6ccccc6)c6ccccc65)c4)ccc3C3(c4ccccc4N(c4ccccc4)c4ccccc43)c3cc(C(C)(C)C)ccc32)ncc1-c1ccc(-c2ccccc2)cc1. The van der Waals surface area contributed by atoms with Crippen molar-refractivity contribution in [2.45, 2.75) is 38.5 Å². The second kappa shape index (κ2) is 22.4. The molecule has 0 amide bonds. The predicted molar refractivity (Wildman–Crippen MR) is 370 cm³/mol. The molecule has 0 saturated carbocycles. The van der Waals surface area contributed by atoms with Crippen molar-refractivity contribution >= 4 is 45.3 Å². The zero-order valence-electron chi connectivity index (χ0n) is 50.9. The van der Waals surface area contributed by atoms with Crippen molar-refractivity contribution in [2.75, 3.05) is 9.80 Å². The fraction of sp³-hybridized carbons (Fsp3) is 0.0714. The van der Waals surface area contributed by atoms with Gasteiger partial charge in [-0.1, -0.05) is 142 Å². The fourth-order valence-electron chi connectivity index (χ4n) is 14.1. The predicted octanol–water partition coefficient (Wildman–Crippen LogP) is 21.9. The van der Waals surface area contributed by atoms with Gasteiger partial charge in [-0.05, 0) is 64.4 Å². The minimum atomic E-state index is -0.796. The fourth-order valence-corrected chi connectivity index (χ4v) is 15.2. The van der Waals surface area contributed by atoms with Gasteiger partial charge >= 0.3 is 306 Å². The third-order valence-corrected chi connectivity index (χ3v) is 19.3. The molecule has 0 atom stereocenters. The number of imidazole rings is 1. The Morgan fingerprint density at radius 1 is 0.374 bits per heavy atom. The van der Waals surface area contributed by atoms with Crippen LogP contribution in [0.5, 0.6) is 11.5 Å². The van der Waals surface area contributed by atoms with E-state index in [0.29, 0.717) is 11.5 Å². The van der Waals surface area contributed by atoms with Crippen molar-refractivity contribution in [3.63, 3.8) is 0 Å². The van der Waals surface area contributed by atoms with Gasteiger partial charge < -0.3 is 4.90 Å². The first-order valence-electron chi connectivity index (χ1n) is 31.1. The van der Waals surface area contributed by atoms with E-state index < -0.39 is 5.41 Å². The summed E-state index contributed by atoms with van der Waals surface area (Å²) in [5.74, 6) is 2.23. The molecule has 16 rings (SSSR count). The Morgan fingerprint density at radius 3 is 1.49 bits per heavy atom. The number of anilines is 6. The molecule has 6 nitrogen and oxygen atoms in total. The van der Waals surface area contributed by atoms with Gasteiger partial charge in [0.2, 0.25) is 0 Å². The van der Waals surface area contributed by atoms with Crippen molar-refractivity contribution in [3.8, 4) is 67.4 Å². The minimum Gasteiger partial charge on any atom is -0.0622 e. The molecule has 0 radical (unpaired) electrons. The Bertz CT molecular complexity index is 5060. The number of ether oxygens (including phenoxy) is 1. The summed E-state index contributed by atoms with van der Waals surface area (Å²) < 4.78 is 13.1. The second-order valence-electron chi connectivity index (χ2n) is 24.7. The summed E-state index contributed by atoms with van der Waals surface area (Å²) in [5, 5.41) is 0. The van der Waals surface area contributed by atoms with Crippen LogP contribution in [-0.4, -0.2) is 14.1 Å². The summed E-state index contributed by atoms with van der Waals surface area (Å²) >= 11 is 2.53. The molecule has 2 aliphatic heterocycles. The molecule has 0 aliphatic carbocycles. The van der Waals surface area contributed by atoms with Crippen LogP contribution in [0.4, 0.5) is 34.3 Å². The van der Waals surface area contributed by atoms with Crippen molar-refractivity contribution in [3.05, 3.63) is 347 Å². The Morgan fingerprint density at radius 2 is 0.868 bits per heavy atom. The zero-order chi connectivity index (χ0) is 61.4. The molecular formula is C84H63N5OPt. The minimum absolute atomic E-state index is 0.160. The van der Waals surface area contributed by atoms with Gasteiger partial charge in [-0.3, -0.25) is 0 Å². The van der Waals surface area contributed by atoms with Crippen LogP contribution in [0, 0.1) is 10.7 Å². The van der Waals surface area contributed by atoms with E-state index in [0.717, 1.165) is 105 Å². The van der Waals surface area contributed by atoms with Gasteiger partial charge in [0.25, 0.3) is 0 Å². The quantitative estimate of drug-likeness (QED) is 0.137. The van der Waals surface area contributed by atoms with E-state index in [2.05, 4.69) is 375 Å². The number of benzene rings is 12. The van der Waals surface area contributed by atoms with E-state index in [1.54, 1.807) is 0 Å². The molecule has 91 heavy (non-hydrogen) atoms. The summed E-state index contributed by atoms with van der Waals surface area (Å²) in [5.41, 5.74) is 24.9. The van der Waals surface area contributed by atoms with Gasteiger partial charge in [0.05, 0.1) is 11.4 Å². The Balaban J connectivity index is 0.881. The van der Waals surface area contributed by atoms with E-state index in [4.69, 9.17) is 9.72 Å². The summed E-state index contributed by atoms with van der Waals surface area (Å²) in [6, 6.07) is 110. The number of pyridine rings is 1. The third-order valence-electron chi connectivity index (χ3n) is 18.3. The molecule has 0 bridgehead atoms. The Kier molecular flexibility index (Phi) is 13.7. The van der Waals surface area contributed by atoms with Gasteiger partial charge in [0.1, 0.15) is 0 Å². The first kappa shape index (κ1) is 55.6. The zero-order valence-corrected chi connectivity index (χ0v) is 53.2. The van der Waals surface area contributed by atoms with Crippen LogP contribution in [0.25, 0.3) is 66.9 Å². The van der Waals surface area contributed by atoms with Crippen LogP contribution in [0.3, 0.4) is 0 Å². The van der Waals surface area contributed by atoms with Gasteiger partial charge in [0.15, 0.2) is 0 Å². The first-order valence-corrected chi connectivity index (χ1v) is 32.2. The summed E-state index contributed by atoms with van der Waals surface area (Å²) in [6.45, 7) is 9.15. The van der Waals surface area contributed by atoms with E-state index in [9.17, 15) is 0 Å². The van der Waals surface area contributed by atoms with Crippen LogP contribution < -0.4 is 14.5 Å². The number of nitrogens with zero attached hydrogens (tertiary/aromatic N) is 5. The van der Waals surface area contributed by atoms with Crippen molar-refractivity contribution in [1.29, 1.82) is 0 Å². The van der Waals surface area contributed by atoms with Crippen molar-refractivity contribution < 1.29 is 24.1 Å². The topological polar surface area (TPSA) is 38.5 Å². The molecule has 12 aromatic carbocycles. The van der Waals surface area contributed by atoms with E-state index in [-0.39, 0.29) is 5.41 Å².